The molecule has 0 spiro atoms. The Hall–Kier alpha value is -1.84. The van der Waals surface area contributed by atoms with Crippen molar-refractivity contribution < 1.29 is 23.2 Å². The number of hydrogen-bond acceptors (Lipinski definition) is 6. The molecule has 160 valence electrons. The summed E-state index contributed by atoms with van der Waals surface area (Å²) in [6.07, 6.45) is 1.35. The van der Waals surface area contributed by atoms with Gasteiger partial charge in [-0.15, -0.1) is 0 Å². The third kappa shape index (κ3) is 5.02. The van der Waals surface area contributed by atoms with Crippen molar-refractivity contribution in [2.75, 3.05) is 43.9 Å². The number of piperazine rings is 1. The molecular formula is C19H26ClN3O5S. The van der Waals surface area contributed by atoms with Gasteiger partial charge in [0.1, 0.15) is 7.11 Å². The molecule has 2 aliphatic rings. The summed E-state index contributed by atoms with van der Waals surface area (Å²) < 4.78 is 27.5. The molecule has 0 unspecified atom stereocenters. The van der Waals surface area contributed by atoms with Crippen molar-refractivity contribution >= 4 is 39.0 Å². The summed E-state index contributed by atoms with van der Waals surface area (Å²) in [6, 6.07) is 7.43. The zero-order valence-electron chi connectivity index (χ0n) is 16.4. The first-order valence-electron chi connectivity index (χ1n) is 9.56. The van der Waals surface area contributed by atoms with Gasteiger partial charge in [-0.05, 0) is 49.9 Å². The Morgan fingerprint density at radius 2 is 1.76 bits per heavy atom. The Morgan fingerprint density at radius 1 is 1.17 bits per heavy atom. The van der Waals surface area contributed by atoms with Crippen LogP contribution in [-0.2, 0) is 19.7 Å². The average molecular weight is 444 g/mol. The highest BCUT2D eigenvalue weighted by molar-refractivity contribution is 7.89. The van der Waals surface area contributed by atoms with E-state index < -0.39 is 21.4 Å². The number of aliphatic carboxylic acids is 1. The minimum absolute atomic E-state index is 0.245. The van der Waals surface area contributed by atoms with Gasteiger partial charge in [-0.25, -0.2) is 8.42 Å². The molecule has 29 heavy (non-hydrogen) atoms. The second kappa shape index (κ2) is 8.89. The Labute approximate surface area is 176 Å². The lowest BCUT2D eigenvalue weighted by atomic mass is 9.75. The molecule has 0 amide bonds. The number of sulfonamides is 1. The first kappa shape index (κ1) is 21.9. The summed E-state index contributed by atoms with van der Waals surface area (Å²) in [5.74, 6) is -1.44. The molecule has 0 aromatic heterocycles. The van der Waals surface area contributed by atoms with Crippen LogP contribution in [0.5, 0.6) is 0 Å². The van der Waals surface area contributed by atoms with Crippen molar-refractivity contribution in [3.63, 3.8) is 0 Å². The van der Waals surface area contributed by atoms with Gasteiger partial charge in [-0.2, -0.15) is 4.31 Å². The van der Waals surface area contributed by atoms with Crippen molar-refractivity contribution in [1.29, 1.82) is 0 Å². The van der Waals surface area contributed by atoms with Gasteiger partial charge in [0, 0.05) is 36.9 Å². The fourth-order valence-electron chi connectivity index (χ4n) is 3.97. The number of carboxylic acid groups (broad SMARTS) is 1. The van der Waals surface area contributed by atoms with E-state index in [2.05, 4.69) is 10.1 Å². The molecule has 8 nitrogen and oxygen atoms in total. The van der Waals surface area contributed by atoms with Gasteiger partial charge in [-0.3, -0.25) is 4.79 Å². The van der Waals surface area contributed by atoms with E-state index in [1.54, 1.807) is 12.1 Å². The number of oxime groups is 1. The molecule has 1 saturated heterocycles. The maximum Gasteiger partial charge on any atom is 0.310 e. The van der Waals surface area contributed by atoms with Gasteiger partial charge in [0.25, 0.3) is 0 Å². The summed E-state index contributed by atoms with van der Waals surface area (Å²) in [6.45, 7) is 1.76. The number of carboxylic acids is 1. The van der Waals surface area contributed by atoms with E-state index in [4.69, 9.17) is 16.4 Å². The zero-order chi connectivity index (χ0) is 21.1. The Balaban J connectivity index is 1.65. The van der Waals surface area contributed by atoms with E-state index in [1.165, 1.54) is 11.4 Å². The summed E-state index contributed by atoms with van der Waals surface area (Å²) in [7, 11) is -2.25. The van der Waals surface area contributed by atoms with E-state index in [-0.39, 0.29) is 18.6 Å². The van der Waals surface area contributed by atoms with Crippen molar-refractivity contribution in [2.24, 2.45) is 10.6 Å². The number of halogens is 1. The van der Waals surface area contributed by atoms with Crippen LogP contribution in [0.25, 0.3) is 0 Å². The smallest absolute Gasteiger partial charge is 0.310 e. The predicted molar refractivity (Wildman–Crippen MR) is 112 cm³/mol. The number of hydrogen-bond donors (Lipinski definition) is 1. The number of anilines is 1. The Kier molecular flexibility index (Phi) is 6.70. The first-order valence-corrected chi connectivity index (χ1v) is 11.6. The molecule has 0 radical (unpaired) electrons. The highest BCUT2D eigenvalue weighted by Gasteiger charge is 2.46. The number of benzene rings is 1. The third-order valence-corrected chi connectivity index (χ3v) is 8.06. The monoisotopic (exact) mass is 443 g/mol. The van der Waals surface area contributed by atoms with E-state index in [0.717, 1.165) is 11.4 Å². The molecular weight excluding hydrogens is 418 g/mol. The van der Waals surface area contributed by atoms with Crippen LogP contribution in [0.2, 0.25) is 5.02 Å². The molecule has 1 heterocycles. The SMILES string of the molecule is CON=C1CCC(CS(=O)(=O)N2CCN(c3ccc(Cl)cc3)CC2)(C(=O)O)CC1. The minimum atomic E-state index is -3.69. The van der Waals surface area contributed by atoms with Gasteiger partial charge >= 0.3 is 5.97 Å². The van der Waals surface area contributed by atoms with Crippen LogP contribution in [0.3, 0.4) is 0 Å². The molecule has 1 aromatic carbocycles. The Morgan fingerprint density at radius 3 is 2.28 bits per heavy atom. The van der Waals surface area contributed by atoms with Crippen molar-refractivity contribution in [1.82, 2.24) is 4.31 Å². The largest absolute Gasteiger partial charge is 0.481 e. The number of nitrogens with zero attached hydrogens (tertiary/aromatic N) is 3. The summed E-state index contributed by atoms with van der Waals surface area (Å²) in [5.41, 5.74) is 0.489. The van der Waals surface area contributed by atoms with Crippen LogP contribution in [0.4, 0.5) is 5.69 Å². The second-order valence-corrected chi connectivity index (χ2v) is 9.95. The lowest BCUT2D eigenvalue weighted by Crippen LogP contribution is -2.52. The van der Waals surface area contributed by atoms with Gasteiger partial charge in [0.05, 0.1) is 16.9 Å². The molecule has 2 fully saturated rings. The lowest BCUT2D eigenvalue weighted by Gasteiger charge is -2.38. The molecule has 0 atom stereocenters. The molecule has 1 saturated carbocycles. The van der Waals surface area contributed by atoms with E-state index in [0.29, 0.717) is 44.0 Å². The van der Waals surface area contributed by atoms with Gasteiger partial charge in [0.2, 0.25) is 10.0 Å². The van der Waals surface area contributed by atoms with E-state index in [9.17, 15) is 18.3 Å². The molecule has 1 N–H and O–H groups in total. The van der Waals surface area contributed by atoms with Gasteiger partial charge in [0.15, 0.2) is 0 Å². The number of rotatable bonds is 6. The van der Waals surface area contributed by atoms with Crippen LogP contribution in [0.15, 0.2) is 29.4 Å². The lowest BCUT2D eigenvalue weighted by molar-refractivity contribution is -0.148. The van der Waals surface area contributed by atoms with Crippen molar-refractivity contribution in [3.05, 3.63) is 29.3 Å². The van der Waals surface area contributed by atoms with Crippen molar-refractivity contribution in [2.45, 2.75) is 25.7 Å². The highest BCUT2D eigenvalue weighted by atomic mass is 35.5. The standard InChI is InChI=1S/C19H26ClN3O5S/c1-28-21-16-6-8-19(9-7-16,18(24)25)14-29(26,27)23-12-10-22(11-13-23)17-4-2-15(20)3-5-17/h2-5H,6-14H2,1H3,(H,24,25). The minimum Gasteiger partial charge on any atom is -0.481 e. The van der Waals surface area contributed by atoms with Crippen LogP contribution >= 0.6 is 11.6 Å². The van der Waals surface area contributed by atoms with Crippen LogP contribution in [-0.4, -0.2) is 68.6 Å². The predicted octanol–water partition coefficient (Wildman–Crippen LogP) is 2.44. The average Bonchev–Trinajstić information content (AvgIpc) is 2.70. The highest BCUT2D eigenvalue weighted by Crippen LogP contribution is 2.38. The topological polar surface area (TPSA) is 99.5 Å². The summed E-state index contributed by atoms with van der Waals surface area (Å²) in [4.78, 5) is 18.9. The van der Waals surface area contributed by atoms with E-state index >= 15 is 0 Å². The Bertz CT molecular complexity index is 854. The summed E-state index contributed by atoms with van der Waals surface area (Å²) >= 11 is 5.92. The van der Waals surface area contributed by atoms with Crippen LogP contribution < -0.4 is 4.90 Å². The third-order valence-electron chi connectivity index (χ3n) is 5.74. The molecule has 10 heteroatoms. The maximum atomic E-state index is 13.0. The number of carbonyl (C=O) groups is 1. The quantitative estimate of drug-likeness (QED) is 0.678. The van der Waals surface area contributed by atoms with Crippen LogP contribution in [0.1, 0.15) is 25.7 Å². The maximum absolute atomic E-state index is 13.0. The molecule has 1 aromatic rings. The second-order valence-electron chi connectivity index (χ2n) is 7.54. The summed E-state index contributed by atoms with van der Waals surface area (Å²) in [5, 5.41) is 14.3. The van der Waals surface area contributed by atoms with E-state index in [1.807, 2.05) is 12.1 Å². The molecule has 3 rings (SSSR count). The molecule has 0 bridgehead atoms. The first-order chi connectivity index (χ1) is 13.8. The fourth-order valence-corrected chi connectivity index (χ4v) is 6.11. The van der Waals surface area contributed by atoms with Crippen LogP contribution in [0, 0.1) is 5.41 Å². The fraction of sp³-hybridized carbons (Fsp3) is 0.579. The molecule has 1 aliphatic heterocycles. The molecule has 1 aliphatic carbocycles. The van der Waals surface area contributed by atoms with Gasteiger partial charge < -0.3 is 14.8 Å². The van der Waals surface area contributed by atoms with Crippen molar-refractivity contribution in [3.8, 4) is 0 Å². The van der Waals surface area contributed by atoms with Gasteiger partial charge in [-0.1, -0.05) is 16.8 Å². The zero-order valence-corrected chi connectivity index (χ0v) is 18.0. The normalized spacial score (nSPS) is 23.7.